The summed E-state index contributed by atoms with van der Waals surface area (Å²) in [5.41, 5.74) is -0.429. The van der Waals surface area contributed by atoms with E-state index in [9.17, 15) is 14.7 Å². The van der Waals surface area contributed by atoms with Gasteiger partial charge in [0, 0.05) is 12.0 Å². The van der Waals surface area contributed by atoms with Crippen molar-refractivity contribution in [1.82, 2.24) is 4.90 Å². The predicted molar refractivity (Wildman–Crippen MR) is 88.5 cm³/mol. The molecule has 0 spiro atoms. The first kappa shape index (κ1) is 16.2. The molecule has 0 aromatic rings. The van der Waals surface area contributed by atoms with Crippen molar-refractivity contribution in [1.29, 1.82) is 0 Å². The molecule has 24 heavy (non-hydrogen) atoms. The van der Waals surface area contributed by atoms with Crippen LogP contribution in [0.3, 0.4) is 0 Å². The molecule has 0 aromatic carbocycles. The average molecular weight is 335 g/mol. The molecule has 1 aliphatic heterocycles. The van der Waals surface area contributed by atoms with Crippen molar-refractivity contribution < 1.29 is 19.4 Å². The van der Waals surface area contributed by atoms with Crippen molar-refractivity contribution in [3.05, 3.63) is 0 Å². The molecule has 4 bridgehead atoms. The number of carboxylic acids is 1. The fourth-order valence-corrected chi connectivity index (χ4v) is 6.48. The minimum atomic E-state index is -0.919. The maximum Gasteiger partial charge on any atom is 0.411 e. The fourth-order valence-electron chi connectivity index (χ4n) is 6.48. The lowest BCUT2D eigenvalue weighted by molar-refractivity contribution is -0.168. The topological polar surface area (TPSA) is 66.8 Å². The Morgan fingerprint density at radius 1 is 1.08 bits per heavy atom. The predicted octanol–water partition coefficient (Wildman–Crippen LogP) is 3.67. The zero-order valence-corrected chi connectivity index (χ0v) is 14.8. The second kappa shape index (κ2) is 5.37. The zero-order chi connectivity index (χ0) is 17.1. The van der Waals surface area contributed by atoms with Gasteiger partial charge in [0.05, 0.1) is 0 Å². The Morgan fingerprint density at radius 2 is 1.62 bits per heavy atom. The Balaban J connectivity index is 1.51. The molecule has 0 aromatic heterocycles. The van der Waals surface area contributed by atoms with Crippen LogP contribution in [0, 0.1) is 23.2 Å². The summed E-state index contributed by atoms with van der Waals surface area (Å²) in [6.07, 6.45) is 8.42. The fraction of sp³-hybridized carbons (Fsp3) is 0.895. The number of amides is 1. The molecule has 134 valence electrons. The van der Waals surface area contributed by atoms with Crippen LogP contribution in [-0.4, -0.2) is 40.3 Å². The number of likely N-dealkylation sites (tertiary alicyclic amines) is 1. The minimum absolute atomic E-state index is 0.0931. The van der Waals surface area contributed by atoms with Crippen molar-refractivity contribution in [2.45, 2.75) is 76.9 Å². The Kier molecular flexibility index (Phi) is 3.63. The molecular formula is C19H29NO4. The highest BCUT2D eigenvalue weighted by molar-refractivity contribution is 5.80. The van der Waals surface area contributed by atoms with Gasteiger partial charge in [0.2, 0.25) is 0 Å². The molecule has 5 heteroatoms. The van der Waals surface area contributed by atoms with Crippen molar-refractivity contribution in [2.24, 2.45) is 23.2 Å². The van der Waals surface area contributed by atoms with Crippen LogP contribution in [0.5, 0.6) is 0 Å². The van der Waals surface area contributed by atoms with Crippen LogP contribution in [-0.2, 0) is 9.53 Å². The molecule has 4 saturated carbocycles. The summed E-state index contributed by atoms with van der Waals surface area (Å²) in [4.78, 5) is 25.5. The monoisotopic (exact) mass is 335 g/mol. The molecule has 1 N–H and O–H groups in total. The summed E-state index contributed by atoms with van der Waals surface area (Å²) >= 11 is 0. The lowest BCUT2D eigenvalue weighted by Crippen LogP contribution is -2.58. The third-order valence-corrected chi connectivity index (χ3v) is 7.43. The maximum atomic E-state index is 12.7. The van der Waals surface area contributed by atoms with Crippen molar-refractivity contribution in [2.75, 3.05) is 6.54 Å². The van der Waals surface area contributed by atoms with E-state index in [4.69, 9.17) is 4.74 Å². The van der Waals surface area contributed by atoms with E-state index in [0.29, 0.717) is 13.0 Å². The minimum Gasteiger partial charge on any atom is -0.480 e. The molecule has 4 aliphatic carbocycles. The molecule has 1 heterocycles. The van der Waals surface area contributed by atoms with Gasteiger partial charge >= 0.3 is 12.1 Å². The number of aliphatic carboxylic acids is 1. The van der Waals surface area contributed by atoms with Crippen molar-refractivity contribution in [3.63, 3.8) is 0 Å². The SMILES string of the molecule is CC(C)(OC(=O)N1CCC[C@H]1C(=O)O)C12CC3CC(CC(C3)C1)C2. The maximum absolute atomic E-state index is 12.7. The molecule has 5 fully saturated rings. The third-order valence-electron chi connectivity index (χ3n) is 7.43. The largest absolute Gasteiger partial charge is 0.480 e. The lowest BCUT2D eigenvalue weighted by Gasteiger charge is -2.61. The first-order chi connectivity index (χ1) is 11.3. The van der Waals surface area contributed by atoms with Gasteiger partial charge in [-0.05, 0) is 83.0 Å². The lowest BCUT2D eigenvalue weighted by atomic mass is 9.46. The van der Waals surface area contributed by atoms with Crippen LogP contribution in [0.25, 0.3) is 0 Å². The summed E-state index contributed by atoms with van der Waals surface area (Å²) in [5, 5.41) is 9.31. The molecule has 5 nitrogen and oxygen atoms in total. The van der Waals surface area contributed by atoms with Gasteiger partial charge in [0.25, 0.3) is 0 Å². The summed E-state index contributed by atoms with van der Waals surface area (Å²) < 4.78 is 6.01. The van der Waals surface area contributed by atoms with Crippen molar-refractivity contribution >= 4 is 12.1 Å². The van der Waals surface area contributed by atoms with Gasteiger partial charge in [-0.3, -0.25) is 4.90 Å². The molecule has 0 radical (unpaired) electrons. The van der Waals surface area contributed by atoms with Crippen LogP contribution in [0.4, 0.5) is 4.79 Å². The summed E-state index contributed by atoms with van der Waals surface area (Å²) in [7, 11) is 0. The first-order valence-corrected chi connectivity index (χ1v) is 9.52. The number of hydrogen-bond acceptors (Lipinski definition) is 3. The highest BCUT2D eigenvalue weighted by Crippen LogP contribution is 2.64. The normalized spacial score (nSPS) is 40.8. The van der Waals surface area contributed by atoms with Crippen LogP contribution >= 0.6 is 0 Å². The third kappa shape index (κ3) is 2.42. The van der Waals surface area contributed by atoms with Crippen LogP contribution in [0.1, 0.15) is 65.2 Å². The summed E-state index contributed by atoms with van der Waals surface area (Å²) in [6.45, 7) is 4.61. The van der Waals surface area contributed by atoms with Gasteiger partial charge in [0.15, 0.2) is 0 Å². The van der Waals surface area contributed by atoms with Crippen molar-refractivity contribution in [3.8, 4) is 0 Å². The van der Waals surface area contributed by atoms with Crippen LogP contribution in [0.15, 0.2) is 0 Å². The van der Waals surface area contributed by atoms with Gasteiger partial charge in [0.1, 0.15) is 11.6 Å². The van der Waals surface area contributed by atoms with E-state index >= 15 is 0 Å². The molecule has 1 atom stereocenters. The Morgan fingerprint density at radius 3 is 2.12 bits per heavy atom. The Bertz CT molecular complexity index is 520. The molecule has 0 unspecified atom stereocenters. The molecule has 1 saturated heterocycles. The van der Waals surface area contributed by atoms with E-state index in [2.05, 4.69) is 13.8 Å². The Hall–Kier alpha value is -1.26. The summed E-state index contributed by atoms with van der Waals surface area (Å²) in [6, 6.07) is -0.718. The number of carbonyl (C=O) groups excluding carboxylic acids is 1. The second-order valence-electron chi connectivity index (χ2n) is 9.27. The second-order valence-corrected chi connectivity index (χ2v) is 9.27. The van der Waals surface area contributed by atoms with E-state index in [-0.39, 0.29) is 5.41 Å². The number of ether oxygens (including phenoxy) is 1. The standard InChI is InChI=1S/C19H29NO4/c1-18(2,24-17(23)20-5-3-4-15(20)16(21)22)19-9-12-6-13(10-19)8-14(7-12)11-19/h12-15H,3-11H2,1-2H3,(H,21,22)/t12?,13?,14?,15-,19?/m0/s1. The Labute approximate surface area is 143 Å². The molecule has 5 rings (SSSR count). The van der Waals surface area contributed by atoms with Crippen LogP contribution < -0.4 is 0 Å². The smallest absolute Gasteiger partial charge is 0.411 e. The number of carbonyl (C=O) groups is 2. The van der Waals surface area contributed by atoms with E-state index in [1.165, 1.54) is 43.4 Å². The average Bonchev–Trinajstić information content (AvgIpc) is 2.94. The highest BCUT2D eigenvalue weighted by Gasteiger charge is 2.59. The van der Waals surface area contributed by atoms with Gasteiger partial charge in [-0.15, -0.1) is 0 Å². The van der Waals surface area contributed by atoms with E-state index in [1.54, 1.807) is 0 Å². The number of carboxylic acid groups (broad SMARTS) is 1. The van der Waals surface area contributed by atoms with Crippen LogP contribution in [0.2, 0.25) is 0 Å². The number of hydrogen-bond donors (Lipinski definition) is 1. The van der Waals surface area contributed by atoms with Gasteiger partial charge in [-0.2, -0.15) is 0 Å². The zero-order valence-electron chi connectivity index (χ0n) is 14.8. The van der Waals surface area contributed by atoms with Gasteiger partial charge in [-0.1, -0.05) is 0 Å². The van der Waals surface area contributed by atoms with E-state index < -0.39 is 23.7 Å². The number of nitrogens with zero attached hydrogens (tertiary/aromatic N) is 1. The molecule has 5 aliphatic rings. The molecule has 1 amide bonds. The molecular weight excluding hydrogens is 306 g/mol. The summed E-state index contributed by atoms with van der Waals surface area (Å²) in [5.74, 6) is 1.48. The quantitative estimate of drug-likeness (QED) is 0.854. The first-order valence-electron chi connectivity index (χ1n) is 9.52. The highest BCUT2D eigenvalue weighted by atomic mass is 16.6. The van der Waals surface area contributed by atoms with E-state index in [0.717, 1.165) is 24.2 Å². The van der Waals surface area contributed by atoms with Gasteiger partial charge < -0.3 is 9.84 Å². The number of rotatable bonds is 3. The van der Waals surface area contributed by atoms with E-state index in [1.807, 2.05) is 0 Å². The van der Waals surface area contributed by atoms with Gasteiger partial charge in [-0.25, -0.2) is 9.59 Å².